The topological polar surface area (TPSA) is 114 Å². The fourth-order valence-electron chi connectivity index (χ4n) is 3.54. The molecule has 2 aromatic heterocycles. The molecule has 10 nitrogen and oxygen atoms in total. The van der Waals surface area contributed by atoms with Gasteiger partial charge in [-0.2, -0.15) is 4.98 Å². The molecule has 146 valence electrons. The highest BCUT2D eigenvalue weighted by Gasteiger charge is 2.38. The number of piperidine rings is 1. The minimum Gasteiger partial charge on any atom is -0.339 e. The van der Waals surface area contributed by atoms with Crippen LogP contribution in [0.4, 0.5) is 0 Å². The third kappa shape index (κ3) is 3.48. The van der Waals surface area contributed by atoms with Crippen molar-refractivity contribution >= 4 is 15.9 Å². The van der Waals surface area contributed by atoms with E-state index in [9.17, 15) is 13.2 Å². The summed E-state index contributed by atoms with van der Waals surface area (Å²) in [5.74, 6) is 1.62. The van der Waals surface area contributed by atoms with Gasteiger partial charge in [0.2, 0.25) is 15.9 Å². The Morgan fingerprint density at radius 3 is 2.52 bits per heavy atom. The number of likely N-dealkylation sites (tertiary alicyclic amines) is 1. The van der Waals surface area contributed by atoms with Crippen LogP contribution in [0.2, 0.25) is 0 Å². The fraction of sp³-hybridized carbons (Fsp3) is 0.625. The summed E-state index contributed by atoms with van der Waals surface area (Å²) in [4.78, 5) is 22.7. The molecule has 4 rings (SSSR count). The lowest BCUT2D eigenvalue weighted by atomic mass is 9.97. The molecule has 0 aromatic carbocycles. The quantitative estimate of drug-likeness (QED) is 0.727. The van der Waals surface area contributed by atoms with E-state index in [4.69, 9.17) is 4.52 Å². The molecule has 11 heteroatoms. The van der Waals surface area contributed by atoms with Gasteiger partial charge in [0.25, 0.3) is 5.91 Å². The Hall–Kier alpha value is -2.27. The predicted molar refractivity (Wildman–Crippen MR) is 94.5 cm³/mol. The fourth-order valence-corrected chi connectivity index (χ4v) is 4.41. The molecule has 0 radical (unpaired) electrons. The number of carbonyl (C=O) groups is 1. The number of hydrogen-bond acceptors (Lipinski definition) is 7. The number of aromatic nitrogens is 4. The number of aryl methyl sites for hydroxylation is 1. The van der Waals surface area contributed by atoms with Crippen molar-refractivity contribution in [1.82, 2.24) is 28.9 Å². The van der Waals surface area contributed by atoms with Crippen LogP contribution in [0.1, 0.15) is 47.0 Å². The summed E-state index contributed by atoms with van der Waals surface area (Å²) >= 11 is 0. The third-order valence-electron chi connectivity index (χ3n) is 5.28. The molecule has 0 unspecified atom stereocenters. The van der Waals surface area contributed by atoms with Gasteiger partial charge in [-0.25, -0.2) is 17.7 Å². The molecule has 2 aromatic rings. The van der Waals surface area contributed by atoms with E-state index < -0.39 is 10.0 Å². The molecule has 0 N–H and O–H groups in total. The number of amides is 1. The Morgan fingerprint density at radius 2 is 1.93 bits per heavy atom. The maximum absolute atomic E-state index is 12.4. The Labute approximate surface area is 157 Å². The van der Waals surface area contributed by atoms with Crippen molar-refractivity contribution in [1.29, 1.82) is 0 Å². The van der Waals surface area contributed by atoms with Gasteiger partial charge in [0, 0.05) is 51.5 Å². The summed E-state index contributed by atoms with van der Waals surface area (Å²) in [6, 6.07) is 0. The lowest BCUT2D eigenvalue weighted by molar-refractivity contribution is 0.0553. The van der Waals surface area contributed by atoms with Gasteiger partial charge in [0.1, 0.15) is 0 Å². The standard InChI is InChI=1S/C16H22N6O4S/c1-20-8-5-17-14(20)16(23)21-9-12(10-21)15-18-13(19-26-15)11-3-6-22(7-4-11)27(2,24)25/h5,8,11-12H,3-4,6-7,9-10H2,1-2H3. The van der Waals surface area contributed by atoms with Crippen LogP contribution in [-0.4, -0.2) is 75.7 Å². The summed E-state index contributed by atoms with van der Waals surface area (Å²) in [5, 5.41) is 4.09. The smallest absolute Gasteiger partial charge is 0.289 e. The van der Waals surface area contributed by atoms with Gasteiger partial charge >= 0.3 is 0 Å². The summed E-state index contributed by atoms with van der Waals surface area (Å²) in [6.07, 6.45) is 5.93. The molecule has 27 heavy (non-hydrogen) atoms. The third-order valence-corrected chi connectivity index (χ3v) is 6.58. The first kappa shape index (κ1) is 18.1. The minimum absolute atomic E-state index is 0.0339. The number of rotatable bonds is 4. The van der Waals surface area contributed by atoms with Gasteiger partial charge in [-0.15, -0.1) is 0 Å². The van der Waals surface area contributed by atoms with Crippen molar-refractivity contribution in [2.24, 2.45) is 7.05 Å². The van der Waals surface area contributed by atoms with Crippen molar-refractivity contribution in [3.63, 3.8) is 0 Å². The molecular weight excluding hydrogens is 372 g/mol. The van der Waals surface area contributed by atoms with E-state index in [2.05, 4.69) is 15.1 Å². The zero-order valence-electron chi connectivity index (χ0n) is 15.3. The second-order valence-corrected chi connectivity index (χ2v) is 9.18. The summed E-state index contributed by atoms with van der Waals surface area (Å²) in [5.41, 5.74) is 0. The molecule has 4 heterocycles. The molecule has 1 amide bonds. The van der Waals surface area contributed by atoms with Crippen LogP contribution in [0.5, 0.6) is 0 Å². The van der Waals surface area contributed by atoms with E-state index in [1.165, 1.54) is 10.6 Å². The zero-order chi connectivity index (χ0) is 19.2. The number of sulfonamides is 1. The molecular formula is C16H22N6O4S. The van der Waals surface area contributed by atoms with Crippen molar-refractivity contribution in [2.45, 2.75) is 24.7 Å². The number of imidazole rings is 1. The maximum atomic E-state index is 12.4. The Kier molecular flexibility index (Phi) is 4.50. The van der Waals surface area contributed by atoms with Crippen LogP contribution in [0, 0.1) is 0 Å². The Balaban J connectivity index is 1.34. The Morgan fingerprint density at radius 1 is 1.22 bits per heavy atom. The van der Waals surface area contributed by atoms with E-state index in [0.29, 0.717) is 56.6 Å². The number of hydrogen-bond donors (Lipinski definition) is 0. The van der Waals surface area contributed by atoms with Crippen molar-refractivity contribution in [3.8, 4) is 0 Å². The lowest BCUT2D eigenvalue weighted by Gasteiger charge is -2.36. The molecule has 0 saturated carbocycles. The van der Waals surface area contributed by atoms with Gasteiger partial charge in [0.15, 0.2) is 11.6 Å². The number of nitrogens with zero attached hydrogens (tertiary/aromatic N) is 6. The van der Waals surface area contributed by atoms with Gasteiger partial charge in [0.05, 0.1) is 12.2 Å². The minimum atomic E-state index is -3.15. The van der Waals surface area contributed by atoms with Crippen LogP contribution in [0.3, 0.4) is 0 Å². The summed E-state index contributed by atoms with van der Waals surface area (Å²) in [7, 11) is -1.36. The summed E-state index contributed by atoms with van der Waals surface area (Å²) in [6.45, 7) is 2.01. The second kappa shape index (κ2) is 6.71. The van der Waals surface area contributed by atoms with Gasteiger partial charge < -0.3 is 14.0 Å². The Bertz CT molecular complexity index is 938. The first-order valence-electron chi connectivity index (χ1n) is 8.88. The SMILES string of the molecule is Cn1ccnc1C(=O)N1CC(c2nc(C3CCN(S(C)(=O)=O)CC3)no2)C1. The van der Waals surface area contributed by atoms with Gasteiger partial charge in [-0.05, 0) is 12.8 Å². The maximum Gasteiger partial charge on any atom is 0.289 e. The molecule has 0 bridgehead atoms. The normalized spacial score (nSPS) is 20.0. The monoisotopic (exact) mass is 394 g/mol. The predicted octanol–water partition coefficient (Wildman–Crippen LogP) is 0.182. The van der Waals surface area contributed by atoms with Crippen molar-refractivity contribution in [2.75, 3.05) is 32.4 Å². The highest BCUT2D eigenvalue weighted by Crippen LogP contribution is 2.31. The van der Waals surface area contributed by atoms with E-state index in [1.807, 2.05) is 0 Å². The van der Waals surface area contributed by atoms with Crippen LogP contribution in [0.15, 0.2) is 16.9 Å². The molecule has 0 spiro atoms. The largest absolute Gasteiger partial charge is 0.339 e. The molecule has 2 fully saturated rings. The average Bonchev–Trinajstić information content (AvgIpc) is 3.22. The molecule has 2 aliphatic rings. The van der Waals surface area contributed by atoms with Crippen LogP contribution < -0.4 is 0 Å². The van der Waals surface area contributed by atoms with Crippen molar-refractivity contribution in [3.05, 3.63) is 29.9 Å². The van der Waals surface area contributed by atoms with E-state index in [-0.39, 0.29) is 17.7 Å². The van der Waals surface area contributed by atoms with E-state index >= 15 is 0 Å². The summed E-state index contributed by atoms with van der Waals surface area (Å²) < 4.78 is 31.8. The highest BCUT2D eigenvalue weighted by molar-refractivity contribution is 7.88. The number of carbonyl (C=O) groups excluding carboxylic acids is 1. The van der Waals surface area contributed by atoms with E-state index in [0.717, 1.165) is 0 Å². The first-order valence-corrected chi connectivity index (χ1v) is 10.7. The first-order chi connectivity index (χ1) is 12.8. The molecule has 2 saturated heterocycles. The van der Waals surface area contributed by atoms with Crippen LogP contribution in [0.25, 0.3) is 0 Å². The molecule has 0 aliphatic carbocycles. The van der Waals surface area contributed by atoms with Crippen molar-refractivity contribution < 1.29 is 17.7 Å². The highest BCUT2D eigenvalue weighted by atomic mass is 32.2. The second-order valence-electron chi connectivity index (χ2n) is 7.20. The van der Waals surface area contributed by atoms with Gasteiger partial charge in [-0.1, -0.05) is 5.16 Å². The molecule has 0 atom stereocenters. The zero-order valence-corrected chi connectivity index (χ0v) is 16.1. The van der Waals surface area contributed by atoms with Gasteiger partial charge in [-0.3, -0.25) is 4.79 Å². The van der Waals surface area contributed by atoms with E-state index in [1.54, 1.807) is 28.9 Å². The van der Waals surface area contributed by atoms with Crippen LogP contribution in [-0.2, 0) is 17.1 Å². The lowest BCUT2D eigenvalue weighted by Crippen LogP contribution is -2.49. The van der Waals surface area contributed by atoms with Crippen LogP contribution >= 0.6 is 0 Å². The molecule has 2 aliphatic heterocycles. The average molecular weight is 394 g/mol.